The summed E-state index contributed by atoms with van der Waals surface area (Å²) in [5.74, 6) is 0.139. The fourth-order valence-corrected chi connectivity index (χ4v) is 1.50. The van der Waals surface area contributed by atoms with Gasteiger partial charge in [-0.25, -0.2) is 0 Å². The highest BCUT2D eigenvalue weighted by atomic mass is 16.2. The van der Waals surface area contributed by atoms with Crippen molar-refractivity contribution in [3.8, 4) is 0 Å². The zero-order valence-electron chi connectivity index (χ0n) is 8.17. The van der Waals surface area contributed by atoms with E-state index in [4.69, 9.17) is 0 Å². The van der Waals surface area contributed by atoms with E-state index in [1.165, 1.54) is 0 Å². The Labute approximate surface area is 78.3 Å². The number of carbonyl (C=O) groups is 2. The second kappa shape index (κ2) is 4.37. The molecule has 4 heteroatoms. The molecule has 0 bridgehead atoms. The van der Waals surface area contributed by atoms with Crippen LogP contribution in [0.3, 0.4) is 0 Å². The smallest absolute Gasteiger partial charge is 0.237 e. The van der Waals surface area contributed by atoms with E-state index >= 15 is 0 Å². The van der Waals surface area contributed by atoms with Crippen molar-refractivity contribution in [1.29, 1.82) is 0 Å². The van der Waals surface area contributed by atoms with E-state index < -0.39 is 0 Å². The van der Waals surface area contributed by atoms with Gasteiger partial charge < -0.3 is 5.32 Å². The molecule has 0 aromatic heterocycles. The number of nitrogens with one attached hydrogen (secondary N) is 1. The number of ketones is 1. The maximum absolute atomic E-state index is 11.3. The Morgan fingerprint density at radius 1 is 1.69 bits per heavy atom. The number of amides is 1. The van der Waals surface area contributed by atoms with Crippen LogP contribution in [0, 0.1) is 0 Å². The van der Waals surface area contributed by atoms with Crippen LogP contribution in [0.4, 0.5) is 0 Å². The van der Waals surface area contributed by atoms with E-state index in [-0.39, 0.29) is 17.7 Å². The molecule has 0 aromatic rings. The third-order valence-electron chi connectivity index (χ3n) is 2.27. The lowest BCUT2D eigenvalue weighted by atomic mass is 10.2. The molecule has 0 spiro atoms. The summed E-state index contributed by atoms with van der Waals surface area (Å²) in [6, 6.07) is -0.175. The standard InChI is InChI=1S/C9H16N2O2/c1-7(12)6-11-5-3-4-10-9(13)8(11)2/h8H,3-6H2,1-2H3,(H,10,13). The Hall–Kier alpha value is -0.900. The maximum atomic E-state index is 11.3. The van der Waals surface area contributed by atoms with E-state index in [2.05, 4.69) is 5.32 Å². The van der Waals surface area contributed by atoms with Crippen molar-refractivity contribution < 1.29 is 9.59 Å². The van der Waals surface area contributed by atoms with Gasteiger partial charge in [-0.2, -0.15) is 0 Å². The SMILES string of the molecule is CC(=O)CN1CCCNC(=O)C1C. The molecule has 74 valence electrons. The zero-order valence-corrected chi connectivity index (χ0v) is 8.17. The number of hydrogen-bond acceptors (Lipinski definition) is 3. The van der Waals surface area contributed by atoms with Gasteiger partial charge in [0.1, 0.15) is 5.78 Å². The van der Waals surface area contributed by atoms with Crippen molar-refractivity contribution >= 4 is 11.7 Å². The monoisotopic (exact) mass is 184 g/mol. The summed E-state index contributed by atoms with van der Waals surface area (Å²) in [7, 11) is 0. The molecule has 1 heterocycles. The number of rotatable bonds is 2. The maximum Gasteiger partial charge on any atom is 0.237 e. The highest BCUT2D eigenvalue weighted by Crippen LogP contribution is 2.04. The normalized spacial score (nSPS) is 25.1. The molecule has 4 nitrogen and oxygen atoms in total. The zero-order chi connectivity index (χ0) is 9.84. The first-order valence-electron chi connectivity index (χ1n) is 4.62. The molecule has 0 radical (unpaired) electrons. The number of hydrogen-bond donors (Lipinski definition) is 1. The summed E-state index contributed by atoms with van der Waals surface area (Å²) in [6.07, 6.45) is 0.920. The van der Waals surface area contributed by atoms with Gasteiger partial charge in [0.15, 0.2) is 0 Å². The molecule has 1 N–H and O–H groups in total. The molecule has 1 amide bonds. The Morgan fingerprint density at radius 3 is 3.00 bits per heavy atom. The van der Waals surface area contributed by atoms with Gasteiger partial charge >= 0.3 is 0 Å². The highest BCUT2D eigenvalue weighted by molar-refractivity contribution is 5.83. The fraction of sp³-hybridized carbons (Fsp3) is 0.778. The van der Waals surface area contributed by atoms with Crippen LogP contribution in [0.25, 0.3) is 0 Å². The predicted molar refractivity (Wildman–Crippen MR) is 49.3 cm³/mol. The molecule has 0 aromatic carbocycles. The van der Waals surface area contributed by atoms with Crippen LogP contribution >= 0.6 is 0 Å². The van der Waals surface area contributed by atoms with Gasteiger partial charge in [0.25, 0.3) is 0 Å². The third kappa shape index (κ3) is 2.81. The van der Waals surface area contributed by atoms with E-state index in [0.717, 1.165) is 19.5 Å². The largest absolute Gasteiger partial charge is 0.355 e. The highest BCUT2D eigenvalue weighted by Gasteiger charge is 2.23. The van der Waals surface area contributed by atoms with E-state index in [0.29, 0.717) is 6.54 Å². The quantitative estimate of drug-likeness (QED) is 0.646. The Balaban J connectivity index is 2.59. The summed E-state index contributed by atoms with van der Waals surface area (Å²) in [5, 5.41) is 2.81. The minimum atomic E-state index is -0.175. The fourth-order valence-electron chi connectivity index (χ4n) is 1.50. The lowest BCUT2D eigenvalue weighted by molar-refractivity contribution is -0.126. The summed E-state index contributed by atoms with van der Waals surface area (Å²) >= 11 is 0. The first-order chi connectivity index (χ1) is 6.11. The van der Waals surface area contributed by atoms with Crippen molar-refractivity contribution in [1.82, 2.24) is 10.2 Å². The third-order valence-corrected chi connectivity index (χ3v) is 2.27. The molecule has 1 fully saturated rings. The molecular weight excluding hydrogens is 168 g/mol. The molecule has 1 aliphatic rings. The second-order valence-corrected chi connectivity index (χ2v) is 3.49. The average Bonchev–Trinajstić information content (AvgIpc) is 2.19. The first-order valence-corrected chi connectivity index (χ1v) is 4.62. The first kappa shape index (κ1) is 10.2. The molecule has 1 atom stereocenters. The van der Waals surface area contributed by atoms with Crippen LogP contribution in [0.2, 0.25) is 0 Å². The summed E-state index contributed by atoms with van der Waals surface area (Å²) < 4.78 is 0. The van der Waals surface area contributed by atoms with E-state index in [1.807, 2.05) is 11.8 Å². The summed E-state index contributed by atoms with van der Waals surface area (Å²) in [4.78, 5) is 24.2. The summed E-state index contributed by atoms with van der Waals surface area (Å²) in [6.45, 7) is 5.31. The molecule has 13 heavy (non-hydrogen) atoms. The van der Waals surface area contributed by atoms with Crippen molar-refractivity contribution in [3.05, 3.63) is 0 Å². The minimum absolute atomic E-state index is 0.0266. The predicted octanol–water partition coefficient (Wildman–Crippen LogP) is -0.214. The van der Waals surface area contributed by atoms with Crippen molar-refractivity contribution in [2.75, 3.05) is 19.6 Å². The van der Waals surface area contributed by atoms with Gasteiger partial charge in [-0.15, -0.1) is 0 Å². The molecule has 0 aliphatic carbocycles. The average molecular weight is 184 g/mol. The number of carbonyl (C=O) groups excluding carboxylic acids is 2. The lowest BCUT2D eigenvalue weighted by Gasteiger charge is -2.23. The molecule has 1 unspecified atom stereocenters. The molecular formula is C9H16N2O2. The minimum Gasteiger partial charge on any atom is -0.355 e. The number of nitrogens with zero attached hydrogens (tertiary/aromatic N) is 1. The van der Waals surface area contributed by atoms with Gasteiger partial charge in [-0.1, -0.05) is 0 Å². The van der Waals surface area contributed by atoms with Crippen molar-refractivity contribution in [3.63, 3.8) is 0 Å². The van der Waals surface area contributed by atoms with Crippen LogP contribution in [0.15, 0.2) is 0 Å². The van der Waals surface area contributed by atoms with E-state index in [1.54, 1.807) is 6.92 Å². The van der Waals surface area contributed by atoms with E-state index in [9.17, 15) is 9.59 Å². The van der Waals surface area contributed by atoms with Crippen LogP contribution in [-0.2, 0) is 9.59 Å². The van der Waals surface area contributed by atoms with Crippen LogP contribution < -0.4 is 5.32 Å². The van der Waals surface area contributed by atoms with Gasteiger partial charge in [0, 0.05) is 13.1 Å². The number of Topliss-reactive ketones (excluding diaryl/α,β-unsaturated/α-hetero) is 1. The topological polar surface area (TPSA) is 49.4 Å². The molecule has 0 saturated carbocycles. The van der Waals surface area contributed by atoms with Gasteiger partial charge in [0.2, 0.25) is 5.91 Å². The molecule has 1 saturated heterocycles. The Bertz CT molecular complexity index is 216. The van der Waals surface area contributed by atoms with Crippen LogP contribution in [-0.4, -0.2) is 42.3 Å². The summed E-state index contributed by atoms with van der Waals surface area (Å²) in [5.41, 5.74) is 0. The molecule has 1 aliphatic heterocycles. The Morgan fingerprint density at radius 2 is 2.38 bits per heavy atom. The van der Waals surface area contributed by atoms with Crippen molar-refractivity contribution in [2.45, 2.75) is 26.3 Å². The molecule has 1 rings (SSSR count). The van der Waals surface area contributed by atoms with Gasteiger partial charge in [-0.3, -0.25) is 14.5 Å². The lowest BCUT2D eigenvalue weighted by Crippen LogP contribution is -2.43. The van der Waals surface area contributed by atoms with Crippen molar-refractivity contribution in [2.24, 2.45) is 0 Å². The second-order valence-electron chi connectivity index (χ2n) is 3.49. The van der Waals surface area contributed by atoms with Gasteiger partial charge in [-0.05, 0) is 20.3 Å². The Kier molecular flexibility index (Phi) is 3.42. The van der Waals surface area contributed by atoms with Gasteiger partial charge in [0.05, 0.1) is 12.6 Å². The van der Waals surface area contributed by atoms with Crippen LogP contribution in [0.1, 0.15) is 20.3 Å². The van der Waals surface area contributed by atoms with Crippen LogP contribution in [0.5, 0.6) is 0 Å².